The van der Waals surface area contributed by atoms with Crippen LogP contribution in [0, 0.1) is 6.92 Å². The fraction of sp³-hybridized carbons (Fsp3) is 0.188. The number of aromatic carboxylic acids is 1. The quantitative estimate of drug-likeness (QED) is 0.740. The molecule has 0 saturated heterocycles. The van der Waals surface area contributed by atoms with Crippen LogP contribution in [0.2, 0.25) is 5.02 Å². The van der Waals surface area contributed by atoms with Gasteiger partial charge < -0.3 is 14.6 Å². The van der Waals surface area contributed by atoms with Crippen molar-refractivity contribution in [2.75, 3.05) is 13.2 Å². The first-order valence-electron chi connectivity index (χ1n) is 6.52. The summed E-state index contributed by atoms with van der Waals surface area (Å²) in [5.41, 5.74) is 1.04. The second-order valence-corrected chi connectivity index (χ2v) is 5.82. The average Bonchev–Trinajstić information content (AvgIpc) is 2.46. The Morgan fingerprint density at radius 1 is 1.23 bits per heavy atom. The number of para-hydroxylation sites is 1. The Hall–Kier alpha value is -1.72. The molecular weight excluding hydrogens is 372 g/mol. The van der Waals surface area contributed by atoms with E-state index in [1.807, 2.05) is 31.2 Å². The lowest BCUT2D eigenvalue weighted by molar-refractivity contribution is 0.0691. The fourth-order valence-electron chi connectivity index (χ4n) is 1.88. The first-order chi connectivity index (χ1) is 10.5. The number of hydrogen-bond donors (Lipinski definition) is 1. The minimum atomic E-state index is -1.10. The lowest BCUT2D eigenvalue weighted by Crippen LogP contribution is -2.12. The monoisotopic (exact) mass is 384 g/mol. The molecule has 0 spiro atoms. The molecule has 0 amide bonds. The Kier molecular flexibility index (Phi) is 5.69. The largest absolute Gasteiger partial charge is 0.490 e. The second kappa shape index (κ2) is 7.51. The van der Waals surface area contributed by atoms with Crippen LogP contribution in [-0.4, -0.2) is 24.3 Å². The van der Waals surface area contributed by atoms with Crippen molar-refractivity contribution in [1.29, 1.82) is 0 Å². The van der Waals surface area contributed by atoms with Crippen molar-refractivity contribution in [1.82, 2.24) is 0 Å². The molecule has 0 aliphatic carbocycles. The lowest BCUT2D eigenvalue weighted by atomic mass is 10.2. The van der Waals surface area contributed by atoms with Gasteiger partial charge in [-0.2, -0.15) is 0 Å². The molecule has 0 bridgehead atoms. The molecule has 0 fully saturated rings. The molecule has 0 aromatic heterocycles. The van der Waals surface area contributed by atoms with Gasteiger partial charge in [0.05, 0.1) is 4.47 Å². The number of carboxylic acid groups (broad SMARTS) is 1. The zero-order valence-electron chi connectivity index (χ0n) is 11.8. The molecule has 0 unspecified atom stereocenters. The fourth-order valence-corrected chi connectivity index (χ4v) is 2.80. The minimum Gasteiger partial charge on any atom is -0.490 e. The van der Waals surface area contributed by atoms with Gasteiger partial charge >= 0.3 is 5.97 Å². The van der Waals surface area contributed by atoms with Crippen molar-refractivity contribution >= 4 is 33.5 Å². The van der Waals surface area contributed by atoms with Gasteiger partial charge in [0.15, 0.2) is 0 Å². The highest BCUT2D eigenvalue weighted by Crippen LogP contribution is 2.32. The van der Waals surface area contributed by atoms with E-state index in [9.17, 15) is 9.90 Å². The van der Waals surface area contributed by atoms with Crippen LogP contribution in [0.5, 0.6) is 11.5 Å². The predicted octanol–water partition coefficient (Wildman–Crippen LogP) is 4.57. The summed E-state index contributed by atoms with van der Waals surface area (Å²) in [6.45, 7) is 2.47. The van der Waals surface area contributed by atoms with Crippen LogP contribution >= 0.6 is 27.5 Å². The molecule has 2 rings (SSSR count). The van der Waals surface area contributed by atoms with Crippen LogP contribution in [0.15, 0.2) is 40.9 Å². The first kappa shape index (κ1) is 16.6. The van der Waals surface area contributed by atoms with E-state index in [4.69, 9.17) is 21.1 Å². The van der Waals surface area contributed by atoms with Crippen LogP contribution in [0.25, 0.3) is 0 Å². The van der Waals surface area contributed by atoms with Gasteiger partial charge in [0.25, 0.3) is 0 Å². The minimum absolute atomic E-state index is 0.00951. The number of ether oxygens (including phenoxy) is 2. The maximum atomic E-state index is 11.2. The lowest BCUT2D eigenvalue weighted by Gasteiger charge is -2.13. The van der Waals surface area contributed by atoms with Gasteiger partial charge in [-0.3, -0.25) is 0 Å². The Morgan fingerprint density at radius 2 is 1.91 bits per heavy atom. The van der Waals surface area contributed by atoms with Crippen molar-refractivity contribution < 1.29 is 19.4 Å². The highest BCUT2D eigenvalue weighted by atomic mass is 79.9. The molecule has 0 radical (unpaired) electrons. The SMILES string of the molecule is Cc1ccccc1OCCOc1c(Br)cc(Cl)cc1C(=O)O. The standard InChI is InChI=1S/C16H14BrClO4/c1-10-4-2-3-5-14(10)21-6-7-22-15-12(16(19)20)8-11(18)9-13(15)17/h2-5,8-9H,6-7H2,1H3,(H,19,20). The Labute approximate surface area is 141 Å². The third kappa shape index (κ3) is 4.15. The molecule has 116 valence electrons. The molecule has 2 aromatic carbocycles. The van der Waals surface area contributed by atoms with Crippen LogP contribution < -0.4 is 9.47 Å². The molecule has 22 heavy (non-hydrogen) atoms. The number of aryl methyl sites for hydroxylation is 1. The highest BCUT2D eigenvalue weighted by Gasteiger charge is 2.16. The number of benzene rings is 2. The summed E-state index contributed by atoms with van der Waals surface area (Å²) in [5.74, 6) is -0.0805. The molecule has 0 saturated carbocycles. The molecule has 4 nitrogen and oxygen atoms in total. The summed E-state index contributed by atoms with van der Waals surface area (Å²) in [4.78, 5) is 11.2. The number of carboxylic acids is 1. The van der Waals surface area contributed by atoms with Crippen molar-refractivity contribution in [2.24, 2.45) is 0 Å². The number of hydrogen-bond acceptors (Lipinski definition) is 3. The predicted molar refractivity (Wildman–Crippen MR) is 88.3 cm³/mol. The van der Waals surface area contributed by atoms with Gasteiger partial charge in [-0.05, 0) is 46.6 Å². The van der Waals surface area contributed by atoms with Crippen molar-refractivity contribution in [2.45, 2.75) is 6.92 Å². The zero-order valence-corrected chi connectivity index (χ0v) is 14.1. The smallest absolute Gasteiger partial charge is 0.339 e. The number of halogens is 2. The molecule has 0 aliphatic rings. The van der Waals surface area contributed by atoms with Gasteiger partial charge in [0.1, 0.15) is 30.3 Å². The van der Waals surface area contributed by atoms with Crippen LogP contribution in [0.1, 0.15) is 15.9 Å². The molecule has 2 aromatic rings. The van der Waals surface area contributed by atoms with Crippen LogP contribution in [0.3, 0.4) is 0 Å². The van der Waals surface area contributed by atoms with Gasteiger partial charge in [0, 0.05) is 5.02 Å². The van der Waals surface area contributed by atoms with Crippen molar-refractivity contribution in [3.63, 3.8) is 0 Å². The van der Waals surface area contributed by atoms with Crippen LogP contribution in [0.4, 0.5) is 0 Å². The molecule has 1 N–H and O–H groups in total. The van der Waals surface area contributed by atoms with Gasteiger partial charge in [-0.1, -0.05) is 29.8 Å². The van der Waals surface area contributed by atoms with E-state index >= 15 is 0 Å². The maximum Gasteiger partial charge on any atom is 0.339 e. The summed E-state index contributed by atoms with van der Waals surface area (Å²) in [5, 5.41) is 9.52. The highest BCUT2D eigenvalue weighted by molar-refractivity contribution is 9.10. The zero-order chi connectivity index (χ0) is 16.1. The average molecular weight is 386 g/mol. The van der Waals surface area contributed by atoms with E-state index in [2.05, 4.69) is 15.9 Å². The molecule has 0 atom stereocenters. The molecule has 6 heteroatoms. The molecular formula is C16H14BrClO4. The van der Waals surface area contributed by atoms with E-state index in [1.54, 1.807) is 6.07 Å². The third-order valence-corrected chi connectivity index (χ3v) is 3.73. The maximum absolute atomic E-state index is 11.2. The molecule has 0 heterocycles. The van der Waals surface area contributed by atoms with Crippen molar-refractivity contribution in [3.05, 3.63) is 57.0 Å². The second-order valence-electron chi connectivity index (χ2n) is 4.53. The van der Waals surface area contributed by atoms with E-state index in [0.717, 1.165) is 11.3 Å². The van der Waals surface area contributed by atoms with Gasteiger partial charge in [0.2, 0.25) is 0 Å². The summed E-state index contributed by atoms with van der Waals surface area (Å²) >= 11 is 9.11. The van der Waals surface area contributed by atoms with Gasteiger partial charge in [-0.25, -0.2) is 4.79 Å². The van der Waals surface area contributed by atoms with E-state index in [-0.39, 0.29) is 17.9 Å². The summed E-state index contributed by atoms with van der Waals surface area (Å²) in [6.07, 6.45) is 0. The van der Waals surface area contributed by atoms with E-state index < -0.39 is 5.97 Å². The summed E-state index contributed by atoms with van der Waals surface area (Å²) in [7, 11) is 0. The Balaban J connectivity index is 2.00. The topological polar surface area (TPSA) is 55.8 Å². The normalized spacial score (nSPS) is 10.3. The number of carbonyl (C=O) groups is 1. The first-order valence-corrected chi connectivity index (χ1v) is 7.69. The third-order valence-electron chi connectivity index (χ3n) is 2.92. The van der Waals surface area contributed by atoms with Gasteiger partial charge in [-0.15, -0.1) is 0 Å². The van der Waals surface area contributed by atoms with E-state index in [1.165, 1.54) is 6.07 Å². The van der Waals surface area contributed by atoms with Crippen molar-refractivity contribution in [3.8, 4) is 11.5 Å². The summed E-state index contributed by atoms with van der Waals surface area (Å²) < 4.78 is 11.6. The van der Waals surface area contributed by atoms with Crippen LogP contribution in [-0.2, 0) is 0 Å². The number of rotatable bonds is 6. The summed E-state index contributed by atoms with van der Waals surface area (Å²) in [6, 6.07) is 10.6. The van der Waals surface area contributed by atoms with E-state index in [0.29, 0.717) is 16.1 Å². The Morgan fingerprint density at radius 3 is 2.59 bits per heavy atom. The molecule has 0 aliphatic heterocycles. The Bertz CT molecular complexity index is 688.